The number of carboxylic acids is 1. The van der Waals surface area contributed by atoms with Gasteiger partial charge >= 0.3 is 18.9 Å². The zero-order valence-electron chi connectivity index (χ0n) is 8.01. The van der Waals surface area contributed by atoms with Gasteiger partial charge in [-0.15, -0.1) is 0 Å². The van der Waals surface area contributed by atoms with Crippen molar-refractivity contribution in [3.63, 3.8) is 0 Å². The number of aliphatic carboxylic acids is 1. The molecule has 5 heteroatoms. The van der Waals surface area contributed by atoms with E-state index in [-0.39, 0.29) is 24.8 Å². The molecule has 2 heterocycles. The minimum atomic E-state index is -0.958. The second kappa shape index (κ2) is 4.49. The van der Waals surface area contributed by atoms with E-state index in [1.807, 2.05) is 17.0 Å². The number of anilines is 1. The number of aromatic nitrogens is 1. The van der Waals surface area contributed by atoms with Gasteiger partial charge in [0.1, 0.15) is 0 Å². The third-order valence-corrected chi connectivity index (χ3v) is 2.23. The van der Waals surface area contributed by atoms with Crippen LogP contribution in [0.1, 0.15) is 0 Å². The van der Waals surface area contributed by atoms with E-state index in [4.69, 9.17) is 0 Å². The van der Waals surface area contributed by atoms with Crippen LogP contribution in [-0.4, -0.2) is 24.0 Å². The zero-order chi connectivity index (χ0) is 9.26. The average molecular weight is 184 g/mol. The van der Waals surface area contributed by atoms with Crippen LogP contribution in [-0.2, 0) is 4.79 Å². The molecule has 1 aliphatic rings. The van der Waals surface area contributed by atoms with Gasteiger partial charge in [0.15, 0.2) is 0 Å². The maximum atomic E-state index is 10.4. The summed E-state index contributed by atoms with van der Waals surface area (Å²) in [4.78, 5) is 16.3. The van der Waals surface area contributed by atoms with Crippen molar-refractivity contribution in [1.82, 2.24) is 4.98 Å². The van der Waals surface area contributed by atoms with E-state index in [1.165, 1.54) is 0 Å². The molecule has 0 radical (unpaired) electrons. The second-order valence-corrected chi connectivity index (χ2v) is 3.13. The summed E-state index contributed by atoms with van der Waals surface area (Å²) in [7, 11) is 0. The number of hydrogen-bond acceptors (Lipinski definition) is 4. The van der Waals surface area contributed by atoms with Crippen LogP contribution in [0.25, 0.3) is 0 Å². The molecule has 0 spiro atoms. The Balaban J connectivity index is 0.000000980. The van der Waals surface area contributed by atoms with Crippen molar-refractivity contribution in [2.24, 2.45) is 5.92 Å². The van der Waals surface area contributed by atoms with Crippen molar-refractivity contribution in [3.8, 4) is 0 Å². The van der Waals surface area contributed by atoms with Gasteiger partial charge in [0, 0.05) is 31.2 Å². The quantitative estimate of drug-likeness (QED) is 0.443. The fraction of sp³-hybridized carbons (Fsp3) is 0.333. The summed E-state index contributed by atoms with van der Waals surface area (Å²) in [5.41, 5.74) is 0.972. The SMILES string of the molecule is O=C([O-])C1CN(c2cccnc2)C1.[Li+]. The molecule has 0 bridgehead atoms. The second-order valence-electron chi connectivity index (χ2n) is 3.13. The largest absolute Gasteiger partial charge is 1.00 e. The summed E-state index contributed by atoms with van der Waals surface area (Å²) in [6.07, 6.45) is 3.42. The number of carboxylic acid groups (broad SMARTS) is 1. The standard InChI is InChI=1S/C9H10N2O2.Li/c12-9(13)7-5-11(6-7)8-2-1-3-10-4-8;/h1-4,7H,5-6H2,(H,12,13);/q;+1/p-1. The third kappa shape index (κ3) is 2.09. The van der Waals surface area contributed by atoms with Crippen molar-refractivity contribution in [3.05, 3.63) is 24.5 Å². The van der Waals surface area contributed by atoms with E-state index < -0.39 is 5.97 Å². The Morgan fingerprint density at radius 1 is 1.57 bits per heavy atom. The first kappa shape index (κ1) is 11.1. The minimum absolute atomic E-state index is 0. The Morgan fingerprint density at radius 2 is 2.29 bits per heavy atom. The van der Waals surface area contributed by atoms with Crippen LogP contribution >= 0.6 is 0 Å². The third-order valence-electron chi connectivity index (χ3n) is 2.23. The summed E-state index contributed by atoms with van der Waals surface area (Å²) >= 11 is 0. The maximum Gasteiger partial charge on any atom is 1.00 e. The van der Waals surface area contributed by atoms with E-state index in [9.17, 15) is 9.90 Å². The van der Waals surface area contributed by atoms with Crippen molar-refractivity contribution < 1.29 is 28.8 Å². The number of pyridine rings is 1. The molecule has 14 heavy (non-hydrogen) atoms. The van der Waals surface area contributed by atoms with Crippen LogP contribution < -0.4 is 28.9 Å². The summed E-state index contributed by atoms with van der Waals surface area (Å²) in [6, 6.07) is 3.75. The van der Waals surface area contributed by atoms with Crippen LogP contribution in [0.5, 0.6) is 0 Å². The molecule has 0 unspecified atom stereocenters. The smallest absolute Gasteiger partial charge is 0.550 e. The molecule has 0 saturated carbocycles. The molecule has 0 aromatic carbocycles. The molecule has 2 rings (SSSR count). The predicted octanol–water partition coefficient (Wildman–Crippen LogP) is -3.73. The summed E-state index contributed by atoms with van der Waals surface area (Å²) < 4.78 is 0. The van der Waals surface area contributed by atoms with E-state index in [1.54, 1.807) is 12.4 Å². The van der Waals surface area contributed by atoms with Crippen molar-refractivity contribution in [2.75, 3.05) is 18.0 Å². The van der Waals surface area contributed by atoms with E-state index >= 15 is 0 Å². The van der Waals surface area contributed by atoms with Gasteiger partial charge in [-0.3, -0.25) is 4.98 Å². The van der Waals surface area contributed by atoms with Crippen molar-refractivity contribution in [2.45, 2.75) is 0 Å². The summed E-state index contributed by atoms with van der Waals surface area (Å²) in [6.45, 7) is 1.07. The van der Waals surface area contributed by atoms with Crippen LogP contribution in [0.15, 0.2) is 24.5 Å². The first-order valence-corrected chi connectivity index (χ1v) is 4.13. The molecular formula is C9H9LiN2O2. The molecule has 1 fully saturated rings. The number of carbonyl (C=O) groups is 1. The van der Waals surface area contributed by atoms with Gasteiger partial charge in [0.2, 0.25) is 0 Å². The van der Waals surface area contributed by atoms with Crippen molar-refractivity contribution >= 4 is 11.7 Å². The zero-order valence-corrected chi connectivity index (χ0v) is 8.01. The molecule has 0 amide bonds. The van der Waals surface area contributed by atoms with Gasteiger partial charge in [-0.05, 0) is 12.1 Å². The summed E-state index contributed by atoms with van der Waals surface area (Å²) in [5, 5.41) is 10.4. The topological polar surface area (TPSA) is 56.3 Å². The normalized spacial score (nSPS) is 15.6. The molecule has 1 aliphatic heterocycles. The Morgan fingerprint density at radius 3 is 2.79 bits per heavy atom. The molecule has 68 valence electrons. The first-order chi connectivity index (χ1) is 6.27. The maximum absolute atomic E-state index is 10.4. The van der Waals surface area contributed by atoms with Gasteiger partial charge in [-0.2, -0.15) is 0 Å². The molecule has 4 nitrogen and oxygen atoms in total. The minimum Gasteiger partial charge on any atom is -0.550 e. The number of nitrogens with zero attached hydrogens (tertiary/aromatic N) is 2. The Bertz CT molecular complexity index is 312. The Hall–Kier alpha value is -0.983. The van der Waals surface area contributed by atoms with Crippen LogP contribution in [0.4, 0.5) is 5.69 Å². The molecule has 0 atom stereocenters. The van der Waals surface area contributed by atoms with Gasteiger partial charge in [-0.25, -0.2) is 0 Å². The van der Waals surface area contributed by atoms with Gasteiger partial charge in [0.05, 0.1) is 11.9 Å². The first-order valence-electron chi connectivity index (χ1n) is 4.13. The van der Waals surface area contributed by atoms with Crippen LogP contribution in [0, 0.1) is 5.92 Å². The van der Waals surface area contributed by atoms with Crippen LogP contribution in [0.3, 0.4) is 0 Å². The predicted molar refractivity (Wildman–Crippen MR) is 44.9 cm³/mol. The average Bonchev–Trinajstić information content (AvgIpc) is 2.02. The van der Waals surface area contributed by atoms with E-state index in [0.29, 0.717) is 13.1 Å². The van der Waals surface area contributed by atoms with Gasteiger partial charge in [-0.1, -0.05) is 0 Å². The van der Waals surface area contributed by atoms with E-state index in [2.05, 4.69) is 4.98 Å². The number of carbonyl (C=O) groups excluding carboxylic acids is 1. The molecule has 1 saturated heterocycles. The Labute approximate surface area is 94.1 Å². The molecule has 1 aromatic heterocycles. The van der Waals surface area contributed by atoms with Crippen molar-refractivity contribution in [1.29, 1.82) is 0 Å². The van der Waals surface area contributed by atoms with E-state index in [0.717, 1.165) is 5.69 Å². The molecule has 1 aromatic rings. The van der Waals surface area contributed by atoms with Gasteiger partial charge < -0.3 is 14.8 Å². The molecular weight excluding hydrogens is 175 g/mol. The molecule has 0 N–H and O–H groups in total. The van der Waals surface area contributed by atoms with Gasteiger partial charge in [0.25, 0.3) is 0 Å². The summed E-state index contributed by atoms with van der Waals surface area (Å²) in [5.74, 6) is -1.28. The fourth-order valence-corrected chi connectivity index (χ4v) is 1.38. The van der Waals surface area contributed by atoms with Crippen LogP contribution in [0.2, 0.25) is 0 Å². The monoisotopic (exact) mass is 184 g/mol. The number of rotatable bonds is 2. The molecule has 0 aliphatic carbocycles. The fourth-order valence-electron chi connectivity index (χ4n) is 1.38. The number of hydrogen-bond donors (Lipinski definition) is 0. The Kier molecular flexibility index (Phi) is 3.56.